The van der Waals surface area contributed by atoms with Gasteiger partial charge in [-0.25, -0.2) is 4.39 Å². The van der Waals surface area contributed by atoms with E-state index in [1.165, 1.54) is 12.1 Å². The van der Waals surface area contributed by atoms with Crippen molar-refractivity contribution < 1.29 is 9.13 Å². The smallest absolute Gasteiger partial charge is 0.131 e. The van der Waals surface area contributed by atoms with Crippen LogP contribution in [0.3, 0.4) is 0 Å². The van der Waals surface area contributed by atoms with Crippen molar-refractivity contribution in [1.82, 2.24) is 4.98 Å². The molecule has 0 bridgehead atoms. The Balaban J connectivity index is 2.18. The van der Waals surface area contributed by atoms with Crippen molar-refractivity contribution in [1.29, 1.82) is 0 Å². The number of pyridine rings is 1. The van der Waals surface area contributed by atoms with Crippen LogP contribution in [-0.2, 0) is 6.61 Å². The van der Waals surface area contributed by atoms with Gasteiger partial charge in [-0.2, -0.15) is 0 Å². The average molecular weight is 308 g/mol. The van der Waals surface area contributed by atoms with E-state index in [1.807, 2.05) is 6.07 Å². The molecule has 2 nitrogen and oxygen atoms in total. The van der Waals surface area contributed by atoms with Crippen LogP contribution < -0.4 is 4.74 Å². The number of ether oxygens (including phenoxy) is 1. The highest BCUT2D eigenvalue weighted by molar-refractivity contribution is 9.09. The molecule has 0 amide bonds. The molecule has 0 saturated carbocycles. The van der Waals surface area contributed by atoms with Crippen LogP contribution in [0.2, 0.25) is 0 Å². The number of aromatic nitrogens is 1. The molecule has 92 valence electrons. The molecule has 0 aliphatic carbocycles. The quantitative estimate of drug-likeness (QED) is 0.750. The van der Waals surface area contributed by atoms with E-state index in [0.29, 0.717) is 12.4 Å². The molecule has 0 spiro atoms. The highest BCUT2D eigenvalue weighted by Crippen LogP contribution is 2.37. The van der Waals surface area contributed by atoms with Crippen molar-refractivity contribution >= 4 is 15.9 Å². The van der Waals surface area contributed by atoms with Gasteiger partial charge in [0.15, 0.2) is 0 Å². The minimum Gasteiger partial charge on any atom is -0.487 e. The fourth-order valence-corrected chi connectivity index (χ4v) is 2.99. The molecule has 1 aliphatic rings. The molecule has 1 aromatic heterocycles. The van der Waals surface area contributed by atoms with Gasteiger partial charge in [0.25, 0.3) is 0 Å². The number of fused-ring (bicyclic) bond motifs is 2. The Kier molecular flexibility index (Phi) is 3.04. The topological polar surface area (TPSA) is 22.1 Å². The minimum atomic E-state index is -0.277. The molecule has 3 rings (SSSR count). The first-order valence-corrected chi connectivity index (χ1v) is 6.83. The summed E-state index contributed by atoms with van der Waals surface area (Å²) in [5, 5.41) is 0.758. The zero-order valence-corrected chi connectivity index (χ0v) is 11.2. The lowest BCUT2D eigenvalue weighted by molar-refractivity contribution is 0.300. The second-order valence-corrected chi connectivity index (χ2v) is 4.86. The van der Waals surface area contributed by atoms with Gasteiger partial charge in [0.05, 0.1) is 5.69 Å². The maximum Gasteiger partial charge on any atom is 0.131 e. The molecule has 18 heavy (non-hydrogen) atoms. The van der Waals surface area contributed by atoms with E-state index >= 15 is 0 Å². The molecular weight excluding hydrogens is 297 g/mol. The minimum absolute atomic E-state index is 0.145. The van der Waals surface area contributed by atoms with Gasteiger partial charge in [-0.05, 0) is 17.7 Å². The standard InChI is InChI=1S/C14H11BrFNO/c15-7-12-10-2-1-5-17-13(10)8-18-14-6-9(16)3-4-11(12)14/h1-6,12H,7-8H2. The van der Waals surface area contributed by atoms with E-state index in [2.05, 4.69) is 27.0 Å². The lowest BCUT2D eigenvalue weighted by Crippen LogP contribution is -2.05. The van der Waals surface area contributed by atoms with Gasteiger partial charge in [-0.3, -0.25) is 4.98 Å². The maximum absolute atomic E-state index is 13.3. The van der Waals surface area contributed by atoms with Gasteiger partial charge in [-0.15, -0.1) is 0 Å². The van der Waals surface area contributed by atoms with E-state index in [-0.39, 0.29) is 11.7 Å². The molecule has 0 fully saturated rings. The van der Waals surface area contributed by atoms with Gasteiger partial charge in [-0.1, -0.05) is 28.1 Å². The van der Waals surface area contributed by atoms with Crippen LogP contribution in [0.5, 0.6) is 5.75 Å². The first kappa shape index (κ1) is 11.7. The largest absolute Gasteiger partial charge is 0.487 e. The van der Waals surface area contributed by atoms with Crippen LogP contribution in [-0.4, -0.2) is 10.3 Å². The van der Waals surface area contributed by atoms with Crippen molar-refractivity contribution in [2.45, 2.75) is 12.5 Å². The van der Waals surface area contributed by atoms with Crippen molar-refractivity contribution in [2.24, 2.45) is 0 Å². The SMILES string of the molecule is Fc1ccc2c(c1)OCc1ncccc1C2CBr. The monoisotopic (exact) mass is 307 g/mol. The van der Waals surface area contributed by atoms with Gasteiger partial charge >= 0.3 is 0 Å². The maximum atomic E-state index is 13.3. The van der Waals surface area contributed by atoms with Crippen LogP contribution in [0.4, 0.5) is 4.39 Å². The third-order valence-electron chi connectivity index (χ3n) is 3.17. The Morgan fingerprint density at radius 1 is 1.33 bits per heavy atom. The summed E-state index contributed by atoms with van der Waals surface area (Å²) in [6.45, 7) is 0.385. The van der Waals surface area contributed by atoms with Crippen LogP contribution in [0.25, 0.3) is 0 Å². The van der Waals surface area contributed by atoms with E-state index in [4.69, 9.17) is 4.74 Å². The predicted octanol–water partition coefficient (Wildman–Crippen LogP) is 3.64. The summed E-state index contributed by atoms with van der Waals surface area (Å²) in [6, 6.07) is 8.67. The second kappa shape index (κ2) is 4.69. The molecule has 2 aromatic rings. The third-order valence-corrected chi connectivity index (χ3v) is 3.82. The van der Waals surface area contributed by atoms with Gasteiger partial charge in [0.2, 0.25) is 0 Å². The van der Waals surface area contributed by atoms with Crippen LogP contribution in [0.1, 0.15) is 22.7 Å². The van der Waals surface area contributed by atoms with E-state index in [9.17, 15) is 4.39 Å². The number of nitrogens with zero attached hydrogens (tertiary/aromatic N) is 1. The van der Waals surface area contributed by atoms with Crippen LogP contribution >= 0.6 is 15.9 Å². The van der Waals surface area contributed by atoms with Crippen molar-refractivity contribution in [3.63, 3.8) is 0 Å². The van der Waals surface area contributed by atoms with Gasteiger partial charge < -0.3 is 4.74 Å². The molecule has 1 unspecified atom stereocenters. The molecule has 4 heteroatoms. The number of hydrogen-bond acceptors (Lipinski definition) is 2. The summed E-state index contributed by atoms with van der Waals surface area (Å²) < 4.78 is 18.9. The summed E-state index contributed by atoms with van der Waals surface area (Å²) in [6.07, 6.45) is 1.75. The van der Waals surface area contributed by atoms with Crippen molar-refractivity contribution in [3.8, 4) is 5.75 Å². The normalized spacial score (nSPS) is 17.3. The van der Waals surface area contributed by atoms with Crippen molar-refractivity contribution in [2.75, 3.05) is 5.33 Å². The summed E-state index contributed by atoms with van der Waals surface area (Å²) in [5.74, 6) is 0.477. The highest BCUT2D eigenvalue weighted by atomic mass is 79.9. The second-order valence-electron chi connectivity index (χ2n) is 4.22. The number of halogens is 2. The van der Waals surface area contributed by atoms with Crippen molar-refractivity contribution in [3.05, 3.63) is 59.2 Å². The Morgan fingerprint density at radius 3 is 3.06 bits per heavy atom. The summed E-state index contributed by atoms with van der Waals surface area (Å²) in [4.78, 5) is 4.34. The van der Waals surface area contributed by atoms with Gasteiger partial charge in [0.1, 0.15) is 18.2 Å². The Hall–Kier alpha value is -1.42. The number of rotatable bonds is 1. The first-order valence-electron chi connectivity index (χ1n) is 5.71. The highest BCUT2D eigenvalue weighted by Gasteiger charge is 2.24. The zero-order valence-electron chi connectivity index (χ0n) is 9.57. The Labute approximate surface area is 113 Å². The fourth-order valence-electron chi connectivity index (χ4n) is 2.29. The summed E-state index contributed by atoms with van der Waals surface area (Å²) >= 11 is 3.53. The molecular formula is C14H11BrFNO. The average Bonchev–Trinajstić information content (AvgIpc) is 2.55. The summed E-state index contributed by atoms with van der Waals surface area (Å²) in [5.41, 5.74) is 3.05. The number of benzene rings is 1. The fraction of sp³-hybridized carbons (Fsp3) is 0.214. The lowest BCUT2D eigenvalue weighted by atomic mass is 9.92. The zero-order chi connectivity index (χ0) is 12.5. The van der Waals surface area contributed by atoms with E-state index in [1.54, 1.807) is 12.3 Å². The molecule has 0 N–H and O–H groups in total. The third kappa shape index (κ3) is 1.90. The predicted molar refractivity (Wildman–Crippen MR) is 70.6 cm³/mol. The van der Waals surface area contributed by atoms with E-state index < -0.39 is 0 Å². The van der Waals surface area contributed by atoms with Crippen LogP contribution in [0.15, 0.2) is 36.5 Å². The molecule has 2 heterocycles. The Bertz CT molecular complexity index is 588. The number of alkyl halides is 1. The molecule has 1 aromatic carbocycles. The molecule has 0 radical (unpaired) electrons. The van der Waals surface area contributed by atoms with Gasteiger partial charge in [0, 0.05) is 29.1 Å². The first-order chi connectivity index (χ1) is 8.79. The van der Waals surface area contributed by atoms with Crippen LogP contribution in [0, 0.1) is 5.82 Å². The Morgan fingerprint density at radius 2 is 2.22 bits per heavy atom. The lowest BCUT2D eigenvalue weighted by Gasteiger charge is -2.15. The summed E-state index contributed by atoms with van der Waals surface area (Å²) in [7, 11) is 0. The number of hydrogen-bond donors (Lipinski definition) is 0. The molecule has 0 saturated heterocycles. The van der Waals surface area contributed by atoms with E-state index in [0.717, 1.165) is 22.2 Å². The molecule has 1 aliphatic heterocycles. The molecule has 1 atom stereocenters.